The van der Waals surface area contributed by atoms with Crippen LogP contribution in [0.4, 0.5) is 10.1 Å². The van der Waals surface area contributed by atoms with Crippen LogP contribution in [0.15, 0.2) is 24.3 Å². The van der Waals surface area contributed by atoms with Gasteiger partial charge in [0, 0.05) is 31.9 Å². The molecule has 2 rings (SSSR count). The Labute approximate surface area is 102 Å². The van der Waals surface area contributed by atoms with Gasteiger partial charge in [0.15, 0.2) is 10.7 Å². The maximum atomic E-state index is 12.8. The van der Waals surface area contributed by atoms with Crippen molar-refractivity contribution in [1.82, 2.24) is 4.90 Å². The standard InChI is InChI=1S/C11H15FN2O2S/c12-10-1-3-11(4-2-10)14-7-5-13(6-8-14)9-17(15)16/h1-4,17H,5-9H2. The van der Waals surface area contributed by atoms with E-state index >= 15 is 0 Å². The average Bonchev–Trinajstić information content (AvgIpc) is 2.30. The fraction of sp³-hybridized carbons (Fsp3) is 0.455. The zero-order valence-electron chi connectivity index (χ0n) is 9.38. The molecule has 1 aromatic carbocycles. The van der Waals surface area contributed by atoms with Crippen molar-refractivity contribution in [3.05, 3.63) is 30.1 Å². The molecule has 0 bridgehead atoms. The SMILES string of the molecule is O=[SH](=O)CN1CCN(c2ccc(F)cc2)CC1. The molecule has 4 nitrogen and oxygen atoms in total. The van der Waals surface area contributed by atoms with E-state index in [1.165, 1.54) is 12.1 Å². The van der Waals surface area contributed by atoms with Crippen LogP contribution in [0, 0.1) is 5.82 Å². The molecule has 17 heavy (non-hydrogen) atoms. The molecule has 0 aromatic heterocycles. The van der Waals surface area contributed by atoms with Crippen LogP contribution >= 0.6 is 0 Å². The van der Waals surface area contributed by atoms with Crippen LogP contribution in [0.5, 0.6) is 0 Å². The molecule has 0 amide bonds. The van der Waals surface area contributed by atoms with Crippen LogP contribution in [-0.4, -0.2) is 45.4 Å². The third kappa shape index (κ3) is 3.41. The molecule has 1 aliphatic rings. The molecule has 1 saturated heterocycles. The highest BCUT2D eigenvalue weighted by Gasteiger charge is 2.17. The first-order valence-corrected chi connectivity index (χ1v) is 6.86. The number of anilines is 1. The van der Waals surface area contributed by atoms with Gasteiger partial charge in [0.1, 0.15) is 5.82 Å². The van der Waals surface area contributed by atoms with Crippen LogP contribution in [0.1, 0.15) is 0 Å². The Kier molecular flexibility index (Phi) is 3.96. The van der Waals surface area contributed by atoms with Gasteiger partial charge in [-0.05, 0) is 24.3 Å². The van der Waals surface area contributed by atoms with E-state index < -0.39 is 10.7 Å². The van der Waals surface area contributed by atoms with Gasteiger partial charge in [0.25, 0.3) is 0 Å². The summed E-state index contributed by atoms with van der Waals surface area (Å²) in [6, 6.07) is 6.38. The highest BCUT2D eigenvalue weighted by Crippen LogP contribution is 2.16. The fourth-order valence-corrected chi connectivity index (χ4v) is 2.57. The summed E-state index contributed by atoms with van der Waals surface area (Å²) in [6.45, 7) is 2.99. The van der Waals surface area contributed by atoms with E-state index in [-0.39, 0.29) is 11.7 Å². The maximum absolute atomic E-state index is 12.8. The summed E-state index contributed by atoms with van der Waals surface area (Å²) in [7, 11) is -2.34. The monoisotopic (exact) mass is 258 g/mol. The first kappa shape index (κ1) is 12.3. The Morgan fingerprint density at radius 3 is 2.18 bits per heavy atom. The summed E-state index contributed by atoms with van der Waals surface area (Å²) < 4.78 is 34.0. The molecule has 1 fully saturated rings. The second-order valence-electron chi connectivity index (χ2n) is 4.06. The topological polar surface area (TPSA) is 40.6 Å². The minimum atomic E-state index is -2.34. The smallest absolute Gasteiger partial charge is 0.153 e. The summed E-state index contributed by atoms with van der Waals surface area (Å²) in [4.78, 5) is 4.04. The second-order valence-corrected chi connectivity index (χ2v) is 5.00. The molecule has 1 heterocycles. The summed E-state index contributed by atoms with van der Waals surface area (Å²) in [5, 5.41) is 0. The van der Waals surface area contributed by atoms with Crippen LogP contribution in [0.3, 0.4) is 0 Å². The molecule has 0 saturated carbocycles. The highest BCUT2D eigenvalue weighted by atomic mass is 32.2. The van der Waals surface area contributed by atoms with Gasteiger partial charge in [-0.25, -0.2) is 12.8 Å². The summed E-state index contributed by atoms with van der Waals surface area (Å²) in [5.74, 6) is -0.109. The highest BCUT2D eigenvalue weighted by molar-refractivity contribution is 7.72. The number of rotatable bonds is 3. The number of piperazine rings is 1. The number of thiol groups is 1. The van der Waals surface area contributed by atoms with Gasteiger partial charge in [0.05, 0.1) is 5.88 Å². The number of benzene rings is 1. The largest absolute Gasteiger partial charge is 0.369 e. The van der Waals surface area contributed by atoms with E-state index in [1.54, 1.807) is 12.1 Å². The van der Waals surface area contributed by atoms with Crippen LogP contribution in [-0.2, 0) is 10.7 Å². The molecular formula is C11H15FN2O2S. The van der Waals surface area contributed by atoms with E-state index in [0.717, 1.165) is 31.9 Å². The number of halogens is 1. The van der Waals surface area contributed by atoms with Gasteiger partial charge >= 0.3 is 0 Å². The molecule has 0 aliphatic carbocycles. The van der Waals surface area contributed by atoms with Crippen molar-refractivity contribution >= 4 is 16.4 Å². The number of hydrogen-bond donors (Lipinski definition) is 1. The zero-order chi connectivity index (χ0) is 12.3. The lowest BCUT2D eigenvalue weighted by molar-refractivity contribution is 0.296. The lowest BCUT2D eigenvalue weighted by Crippen LogP contribution is -2.46. The van der Waals surface area contributed by atoms with E-state index in [4.69, 9.17) is 0 Å². The van der Waals surface area contributed by atoms with Crippen molar-refractivity contribution < 1.29 is 12.8 Å². The third-order valence-corrected chi connectivity index (χ3v) is 3.51. The normalized spacial score (nSPS) is 17.6. The lowest BCUT2D eigenvalue weighted by Gasteiger charge is -2.35. The quantitative estimate of drug-likeness (QED) is 0.802. The van der Waals surface area contributed by atoms with E-state index in [2.05, 4.69) is 4.90 Å². The first-order chi connectivity index (χ1) is 8.15. The van der Waals surface area contributed by atoms with Gasteiger partial charge in [-0.2, -0.15) is 0 Å². The number of nitrogens with zero attached hydrogens (tertiary/aromatic N) is 2. The second kappa shape index (κ2) is 5.46. The van der Waals surface area contributed by atoms with Crippen LogP contribution < -0.4 is 4.90 Å². The van der Waals surface area contributed by atoms with Crippen LogP contribution in [0.25, 0.3) is 0 Å². The summed E-state index contributed by atoms with van der Waals surface area (Å²) in [6.07, 6.45) is 0. The van der Waals surface area contributed by atoms with Crippen molar-refractivity contribution in [2.75, 3.05) is 37.0 Å². The summed E-state index contributed by atoms with van der Waals surface area (Å²) in [5.41, 5.74) is 0.984. The van der Waals surface area contributed by atoms with Crippen molar-refractivity contribution in [3.8, 4) is 0 Å². The molecule has 0 atom stereocenters. The van der Waals surface area contributed by atoms with Gasteiger partial charge in [-0.15, -0.1) is 0 Å². The molecule has 0 unspecified atom stereocenters. The van der Waals surface area contributed by atoms with E-state index in [0.29, 0.717) is 0 Å². The van der Waals surface area contributed by atoms with Gasteiger partial charge in [-0.1, -0.05) is 0 Å². The van der Waals surface area contributed by atoms with Gasteiger partial charge in [0.2, 0.25) is 0 Å². The van der Waals surface area contributed by atoms with Crippen molar-refractivity contribution in [2.45, 2.75) is 0 Å². The third-order valence-electron chi connectivity index (χ3n) is 2.88. The molecule has 94 valence electrons. The molecule has 0 radical (unpaired) electrons. The fourth-order valence-electron chi connectivity index (χ4n) is 1.96. The average molecular weight is 258 g/mol. The van der Waals surface area contributed by atoms with Crippen LogP contribution in [0.2, 0.25) is 0 Å². The maximum Gasteiger partial charge on any atom is 0.153 e. The first-order valence-electron chi connectivity index (χ1n) is 5.50. The Morgan fingerprint density at radius 2 is 1.65 bits per heavy atom. The minimum absolute atomic E-state index is 0.132. The van der Waals surface area contributed by atoms with Crippen molar-refractivity contribution in [1.29, 1.82) is 0 Å². The summed E-state index contributed by atoms with van der Waals surface area (Å²) >= 11 is 0. The van der Waals surface area contributed by atoms with Crippen molar-refractivity contribution in [3.63, 3.8) is 0 Å². The van der Waals surface area contributed by atoms with Crippen molar-refractivity contribution in [2.24, 2.45) is 0 Å². The molecule has 1 aromatic rings. The van der Waals surface area contributed by atoms with Gasteiger partial charge in [-0.3, -0.25) is 4.90 Å². The molecule has 0 spiro atoms. The van der Waals surface area contributed by atoms with Gasteiger partial charge < -0.3 is 4.90 Å². The zero-order valence-corrected chi connectivity index (χ0v) is 10.3. The Hall–Kier alpha value is -1.14. The Balaban J connectivity index is 1.92. The number of hydrogen-bond acceptors (Lipinski definition) is 4. The molecule has 0 N–H and O–H groups in total. The Bertz CT molecular complexity index is 431. The Morgan fingerprint density at radius 1 is 1.06 bits per heavy atom. The predicted octanol–water partition coefficient (Wildman–Crippen LogP) is 0.517. The molecule has 6 heteroatoms. The molecular weight excluding hydrogens is 243 g/mol. The van der Waals surface area contributed by atoms with E-state index in [1.807, 2.05) is 4.90 Å². The lowest BCUT2D eigenvalue weighted by atomic mass is 10.2. The minimum Gasteiger partial charge on any atom is -0.369 e. The van der Waals surface area contributed by atoms with E-state index in [9.17, 15) is 12.8 Å². The molecule has 1 aliphatic heterocycles. The predicted molar refractivity (Wildman–Crippen MR) is 65.4 cm³/mol.